The van der Waals surface area contributed by atoms with Crippen molar-refractivity contribution in [2.24, 2.45) is 0 Å². The van der Waals surface area contributed by atoms with Crippen molar-refractivity contribution in [2.45, 2.75) is 46.7 Å². The van der Waals surface area contributed by atoms with E-state index in [1.165, 1.54) is 14.2 Å². The Morgan fingerprint density at radius 2 is 1.20 bits per heavy atom. The van der Waals surface area contributed by atoms with Crippen molar-refractivity contribution in [1.29, 1.82) is 0 Å². The number of nitrogens with one attached hydrogen (secondary N) is 4. The number of amides is 4. The molecule has 0 unspecified atom stereocenters. The van der Waals surface area contributed by atoms with Crippen molar-refractivity contribution >= 4 is 24.0 Å². The number of rotatable bonds is 15. The first kappa shape index (κ1) is 37.7. The van der Waals surface area contributed by atoms with Gasteiger partial charge in [0.05, 0.1) is 51.1 Å². The van der Waals surface area contributed by atoms with Gasteiger partial charge in [0, 0.05) is 24.2 Å². The maximum absolute atomic E-state index is 12.7. The van der Waals surface area contributed by atoms with Crippen LogP contribution in [-0.2, 0) is 32.2 Å². The third-order valence-corrected chi connectivity index (χ3v) is 7.87. The van der Waals surface area contributed by atoms with E-state index in [9.17, 15) is 19.2 Å². The summed E-state index contributed by atoms with van der Waals surface area (Å²) in [7, 11) is 2.50. The molecule has 0 bridgehead atoms. The second-order valence-electron chi connectivity index (χ2n) is 11.5. The van der Waals surface area contributed by atoms with Crippen LogP contribution in [0.2, 0.25) is 0 Å². The maximum atomic E-state index is 12.7. The summed E-state index contributed by atoms with van der Waals surface area (Å²) in [6.07, 6.45) is 3.66. The SMILES string of the molecule is CC#Cc1cc(-c2cnc(CN(CCC)C(=O)CNC(=O)OC)[nH]2)ccc1-c1ccc(-c2cnc(CN(CCC)C(=O)CNC(=O)OC)[nH]2)cc1. The zero-order valence-corrected chi connectivity index (χ0v) is 29.6. The molecule has 0 aliphatic carbocycles. The van der Waals surface area contributed by atoms with Crippen molar-refractivity contribution in [3.63, 3.8) is 0 Å². The van der Waals surface area contributed by atoms with E-state index in [1.54, 1.807) is 29.1 Å². The molecule has 0 radical (unpaired) electrons. The number of nitrogens with zero attached hydrogens (tertiary/aromatic N) is 4. The number of imidazole rings is 2. The van der Waals surface area contributed by atoms with Crippen molar-refractivity contribution in [1.82, 2.24) is 40.4 Å². The average Bonchev–Trinajstić information content (AvgIpc) is 3.82. The van der Waals surface area contributed by atoms with Gasteiger partial charge in [-0.15, -0.1) is 5.92 Å². The van der Waals surface area contributed by atoms with Crippen LogP contribution in [0.1, 0.15) is 50.8 Å². The molecule has 0 aliphatic rings. The molecule has 0 spiro atoms. The zero-order chi connectivity index (χ0) is 36.8. The summed E-state index contributed by atoms with van der Waals surface area (Å²) in [5.41, 5.74) is 6.23. The van der Waals surface area contributed by atoms with E-state index in [1.807, 2.05) is 56.3 Å². The standard InChI is InChI=1S/C37H44N8O6/c1-6-9-27-18-28(31-20-39-33(43-31)24-45(17-8-3)35(47)22-41-37(49)51-5)14-15-29(27)25-10-12-26(13-11-25)30-19-38-32(42-30)23-44(16-7-2)34(46)21-40-36(48)50-4/h10-15,18-20H,7-8,16-17,21-24H2,1-5H3,(H,38,42)(H,39,43)(H,40,48)(H,41,49). The van der Waals surface area contributed by atoms with Crippen LogP contribution in [0.4, 0.5) is 9.59 Å². The summed E-state index contributed by atoms with van der Waals surface area (Å²) in [6, 6.07) is 14.1. The van der Waals surface area contributed by atoms with E-state index in [-0.39, 0.29) is 38.0 Å². The monoisotopic (exact) mass is 696 g/mol. The summed E-state index contributed by atoms with van der Waals surface area (Å²) < 4.78 is 9.12. The van der Waals surface area contributed by atoms with E-state index >= 15 is 0 Å². The molecule has 14 nitrogen and oxygen atoms in total. The molecule has 0 atom stereocenters. The molecular weight excluding hydrogens is 652 g/mol. The molecule has 0 aliphatic heterocycles. The summed E-state index contributed by atoms with van der Waals surface area (Å²) in [4.78, 5) is 67.1. The second kappa shape index (κ2) is 18.6. The first-order valence-electron chi connectivity index (χ1n) is 16.6. The maximum Gasteiger partial charge on any atom is 0.407 e. The Labute approximate surface area is 297 Å². The molecule has 14 heteroatoms. The lowest BCUT2D eigenvalue weighted by molar-refractivity contribution is -0.131. The van der Waals surface area contributed by atoms with Crippen molar-refractivity contribution in [3.05, 3.63) is 72.1 Å². The number of aromatic amines is 2. The zero-order valence-electron chi connectivity index (χ0n) is 29.6. The molecule has 0 saturated heterocycles. The van der Waals surface area contributed by atoms with Crippen LogP contribution in [-0.4, -0.2) is 94.1 Å². The Bertz CT molecular complexity index is 1870. The number of alkyl carbamates (subject to hydrolysis) is 2. The second-order valence-corrected chi connectivity index (χ2v) is 11.5. The van der Waals surface area contributed by atoms with Crippen molar-refractivity contribution < 1.29 is 28.7 Å². The van der Waals surface area contributed by atoms with Gasteiger partial charge in [-0.25, -0.2) is 19.6 Å². The highest BCUT2D eigenvalue weighted by Gasteiger charge is 2.18. The highest BCUT2D eigenvalue weighted by Crippen LogP contribution is 2.30. The van der Waals surface area contributed by atoms with E-state index in [2.05, 4.69) is 51.9 Å². The highest BCUT2D eigenvalue weighted by atomic mass is 16.5. The molecule has 4 aromatic rings. The van der Waals surface area contributed by atoms with Crippen LogP contribution in [0.5, 0.6) is 0 Å². The van der Waals surface area contributed by atoms with E-state index < -0.39 is 12.2 Å². The number of benzene rings is 2. The summed E-state index contributed by atoms with van der Waals surface area (Å²) in [5.74, 6) is 7.03. The van der Waals surface area contributed by atoms with Gasteiger partial charge >= 0.3 is 12.2 Å². The number of ether oxygens (including phenoxy) is 2. The Hall–Kier alpha value is -6.10. The Morgan fingerprint density at radius 1 is 0.725 bits per heavy atom. The molecule has 4 amide bonds. The van der Waals surface area contributed by atoms with Crippen LogP contribution in [0, 0.1) is 11.8 Å². The number of hydrogen-bond donors (Lipinski definition) is 4. The number of H-pyrrole nitrogens is 2. The predicted molar refractivity (Wildman–Crippen MR) is 192 cm³/mol. The van der Waals surface area contributed by atoms with E-state index in [4.69, 9.17) is 0 Å². The lowest BCUT2D eigenvalue weighted by Gasteiger charge is -2.21. The number of hydrogen-bond acceptors (Lipinski definition) is 8. The smallest absolute Gasteiger partial charge is 0.407 e. The minimum absolute atomic E-state index is 0.158. The van der Waals surface area contributed by atoms with Crippen molar-refractivity contribution in [3.8, 4) is 45.5 Å². The van der Waals surface area contributed by atoms with E-state index in [0.717, 1.165) is 52.0 Å². The number of carbonyl (C=O) groups excluding carboxylic acids is 4. The molecule has 51 heavy (non-hydrogen) atoms. The summed E-state index contributed by atoms with van der Waals surface area (Å²) in [6.45, 7) is 7.01. The fourth-order valence-corrected chi connectivity index (χ4v) is 5.36. The van der Waals surface area contributed by atoms with Gasteiger partial charge in [-0.2, -0.15) is 0 Å². The van der Waals surface area contributed by atoms with Crippen LogP contribution in [0.15, 0.2) is 54.9 Å². The van der Waals surface area contributed by atoms with Gasteiger partial charge < -0.3 is 39.9 Å². The lowest BCUT2D eigenvalue weighted by atomic mass is 9.96. The highest BCUT2D eigenvalue weighted by molar-refractivity contribution is 5.83. The molecule has 4 rings (SSSR count). The normalized spacial score (nSPS) is 10.5. The third-order valence-electron chi connectivity index (χ3n) is 7.87. The molecule has 2 aromatic heterocycles. The van der Waals surface area contributed by atoms with Gasteiger partial charge in [0.15, 0.2) is 0 Å². The topological polar surface area (TPSA) is 175 Å². The number of carbonyl (C=O) groups is 4. The summed E-state index contributed by atoms with van der Waals surface area (Å²) >= 11 is 0. The minimum Gasteiger partial charge on any atom is -0.453 e. The summed E-state index contributed by atoms with van der Waals surface area (Å²) in [5, 5.41) is 4.86. The van der Waals surface area contributed by atoms with Gasteiger partial charge in [0.2, 0.25) is 11.8 Å². The molecular formula is C37H44N8O6. The van der Waals surface area contributed by atoms with Crippen LogP contribution < -0.4 is 10.6 Å². The van der Waals surface area contributed by atoms with Gasteiger partial charge in [0.1, 0.15) is 24.7 Å². The molecule has 2 heterocycles. The van der Waals surface area contributed by atoms with Gasteiger partial charge in [-0.3, -0.25) is 9.59 Å². The Kier molecular flexibility index (Phi) is 13.8. The predicted octanol–water partition coefficient (Wildman–Crippen LogP) is 4.69. The average molecular weight is 697 g/mol. The number of methoxy groups -OCH3 is 2. The first-order valence-corrected chi connectivity index (χ1v) is 16.6. The molecule has 2 aromatic carbocycles. The largest absolute Gasteiger partial charge is 0.453 e. The fraction of sp³-hybridized carbons (Fsp3) is 0.351. The van der Waals surface area contributed by atoms with Crippen LogP contribution in [0.25, 0.3) is 33.6 Å². The quantitative estimate of drug-likeness (QED) is 0.130. The lowest BCUT2D eigenvalue weighted by Crippen LogP contribution is -2.40. The Balaban J connectivity index is 1.47. The molecule has 4 N–H and O–H groups in total. The minimum atomic E-state index is -0.660. The molecule has 0 fully saturated rings. The van der Waals surface area contributed by atoms with Gasteiger partial charge in [-0.1, -0.05) is 56.2 Å². The molecule has 268 valence electrons. The van der Waals surface area contributed by atoms with Gasteiger partial charge in [0.25, 0.3) is 0 Å². The van der Waals surface area contributed by atoms with Crippen LogP contribution >= 0.6 is 0 Å². The first-order chi connectivity index (χ1) is 24.7. The van der Waals surface area contributed by atoms with Gasteiger partial charge in [-0.05, 0) is 42.5 Å². The third kappa shape index (κ3) is 10.4. The Morgan fingerprint density at radius 3 is 1.67 bits per heavy atom. The molecule has 0 saturated carbocycles. The van der Waals surface area contributed by atoms with Crippen molar-refractivity contribution in [2.75, 3.05) is 40.4 Å². The van der Waals surface area contributed by atoms with E-state index in [0.29, 0.717) is 24.7 Å². The fourth-order valence-electron chi connectivity index (χ4n) is 5.36. The van der Waals surface area contributed by atoms with Crippen LogP contribution in [0.3, 0.4) is 0 Å². The number of aromatic nitrogens is 4.